The molecule has 10 rings (SSSR count). The summed E-state index contributed by atoms with van der Waals surface area (Å²) in [7, 11) is 0. The lowest BCUT2D eigenvalue weighted by Gasteiger charge is -2.51. The Bertz CT molecular complexity index is 2810. The number of nitrogens with zero attached hydrogens (tertiary/aromatic N) is 2. The van der Waals surface area contributed by atoms with Gasteiger partial charge in [0.05, 0.1) is 34.5 Å². The van der Waals surface area contributed by atoms with E-state index in [1.54, 1.807) is 84.9 Å². The highest BCUT2D eigenvalue weighted by Gasteiger charge is 2.71. The zero-order chi connectivity index (χ0) is 41.4. The van der Waals surface area contributed by atoms with Crippen LogP contribution in [0.15, 0.2) is 151 Å². The van der Waals surface area contributed by atoms with Gasteiger partial charge in [-0.05, 0) is 102 Å². The molecule has 1 saturated carbocycles. The summed E-state index contributed by atoms with van der Waals surface area (Å²) in [5.41, 5.74) is 4.39. The van der Waals surface area contributed by atoms with E-state index in [-0.39, 0.29) is 24.4 Å². The third kappa shape index (κ3) is 5.54. The van der Waals surface area contributed by atoms with Crippen molar-refractivity contribution in [2.45, 2.75) is 24.2 Å². The molecule has 6 aromatic rings. The summed E-state index contributed by atoms with van der Waals surface area (Å²) in [5, 5.41) is 14.8. The Morgan fingerprint density at radius 2 is 1.42 bits per heavy atom. The summed E-state index contributed by atoms with van der Waals surface area (Å²) < 4.78 is 14.0. The lowest BCUT2D eigenvalue weighted by molar-refractivity contribution is -0.138. The standard InChI is InChI=1S/C49H35ClFN3O6/c50-31-15-13-30(14-16-31)49-39(46(58)54(48(49)60)52-33-19-17-32(51)18-20-33)26-38-36(43(49)42-35-9-5-4-6-27(35)12-25-40(42)55)23-24-37-41(38)47(59)53(45(37)57)34-21-10-29(11-22-34)44(56)28-7-2-1-3-8-28/h1-23,25,37-39,41,43,52,55H,24,26H2. The third-order valence-corrected chi connectivity index (χ3v) is 13.2. The lowest BCUT2D eigenvalue weighted by Crippen LogP contribution is -2.53. The van der Waals surface area contributed by atoms with Crippen molar-refractivity contribution >= 4 is 63.2 Å². The van der Waals surface area contributed by atoms with Crippen molar-refractivity contribution in [1.29, 1.82) is 0 Å². The molecular weight excluding hydrogens is 781 g/mol. The van der Waals surface area contributed by atoms with Crippen LogP contribution in [0.5, 0.6) is 5.75 Å². The minimum absolute atomic E-state index is 0.0290. The minimum Gasteiger partial charge on any atom is -0.508 e. The van der Waals surface area contributed by atoms with Crippen molar-refractivity contribution in [2.24, 2.45) is 23.7 Å². The molecule has 6 atom stereocenters. The van der Waals surface area contributed by atoms with Gasteiger partial charge in [-0.3, -0.25) is 34.3 Å². The van der Waals surface area contributed by atoms with Crippen LogP contribution >= 0.6 is 11.6 Å². The van der Waals surface area contributed by atoms with E-state index >= 15 is 9.59 Å². The number of carbonyl (C=O) groups is 5. The lowest BCUT2D eigenvalue weighted by atomic mass is 9.48. The second-order valence-corrected chi connectivity index (χ2v) is 16.3. The van der Waals surface area contributed by atoms with Crippen LogP contribution in [-0.2, 0) is 24.6 Å². The van der Waals surface area contributed by atoms with Crippen molar-refractivity contribution in [2.75, 3.05) is 10.3 Å². The maximum Gasteiger partial charge on any atom is 0.260 e. The van der Waals surface area contributed by atoms with E-state index in [0.717, 1.165) is 10.4 Å². The predicted octanol–water partition coefficient (Wildman–Crippen LogP) is 8.76. The SMILES string of the molecule is O=C(c1ccccc1)c1ccc(N2C(=O)C3CC=C4C(CC5C(=O)N(Nc6ccc(F)cc6)C(=O)C5(c5ccc(Cl)cc5)C4c4c(O)ccc5ccccc45)C3C2=O)cc1. The second-order valence-electron chi connectivity index (χ2n) is 15.8. The highest BCUT2D eigenvalue weighted by Crippen LogP contribution is 2.65. The maximum atomic E-state index is 15.6. The van der Waals surface area contributed by atoms with E-state index in [4.69, 9.17) is 11.6 Å². The van der Waals surface area contributed by atoms with Gasteiger partial charge in [0.1, 0.15) is 11.6 Å². The monoisotopic (exact) mass is 815 g/mol. The molecule has 11 heteroatoms. The van der Waals surface area contributed by atoms with Crippen LogP contribution in [0.1, 0.15) is 45.8 Å². The van der Waals surface area contributed by atoms with Gasteiger partial charge in [0.2, 0.25) is 11.8 Å². The molecule has 60 heavy (non-hydrogen) atoms. The molecule has 6 aromatic carbocycles. The molecule has 4 aliphatic rings. The average Bonchev–Trinajstić information content (AvgIpc) is 3.65. The number of anilines is 2. The van der Waals surface area contributed by atoms with Crippen LogP contribution in [0.25, 0.3) is 10.8 Å². The summed E-state index contributed by atoms with van der Waals surface area (Å²) in [4.78, 5) is 74.2. The van der Waals surface area contributed by atoms with Gasteiger partial charge in [0.25, 0.3) is 11.8 Å². The topological polar surface area (TPSA) is 124 Å². The van der Waals surface area contributed by atoms with Crippen molar-refractivity contribution in [1.82, 2.24) is 5.01 Å². The summed E-state index contributed by atoms with van der Waals surface area (Å²) in [5.74, 6) is -7.23. The molecule has 2 heterocycles. The first kappa shape index (κ1) is 37.4. The number of phenols is 1. The first-order valence-electron chi connectivity index (χ1n) is 19.7. The first-order chi connectivity index (χ1) is 29.1. The van der Waals surface area contributed by atoms with Gasteiger partial charge in [-0.25, -0.2) is 4.39 Å². The Morgan fingerprint density at radius 3 is 2.15 bits per heavy atom. The van der Waals surface area contributed by atoms with Crippen molar-refractivity contribution < 1.29 is 33.5 Å². The smallest absolute Gasteiger partial charge is 0.260 e. The third-order valence-electron chi connectivity index (χ3n) is 12.9. The largest absolute Gasteiger partial charge is 0.508 e. The van der Waals surface area contributed by atoms with Crippen LogP contribution in [0.4, 0.5) is 15.8 Å². The number of phenolic OH excluding ortho intramolecular Hbond substituents is 1. The summed E-state index contributed by atoms with van der Waals surface area (Å²) in [6, 6.07) is 38.1. The number of ketones is 1. The molecule has 2 aliphatic carbocycles. The number of fused-ring (bicyclic) bond motifs is 5. The molecule has 0 bridgehead atoms. The number of carbonyl (C=O) groups excluding carboxylic acids is 5. The number of rotatable bonds is 7. The molecule has 296 valence electrons. The van der Waals surface area contributed by atoms with Crippen LogP contribution in [0, 0.1) is 29.5 Å². The highest BCUT2D eigenvalue weighted by atomic mass is 35.5. The Kier molecular flexibility index (Phi) is 8.80. The van der Waals surface area contributed by atoms with Crippen molar-refractivity contribution in [3.8, 4) is 5.75 Å². The molecular formula is C49H35ClFN3O6. The minimum atomic E-state index is -1.67. The van der Waals surface area contributed by atoms with E-state index in [2.05, 4.69) is 5.43 Å². The molecule has 0 aromatic heterocycles. The number of hydrazine groups is 1. The Morgan fingerprint density at radius 1 is 0.733 bits per heavy atom. The van der Waals surface area contributed by atoms with Gasteiger partial charge in [0, 0.05) is 27.6 Å². The van der Waals surface area contributed by atoms with Gasteiger partial charge in [0.15, 0.2) is 5.78 Å². The van der Waals surface area contributed by atoms with Crippen LogP contribution in [-0.4, -0.2) is 39.5 Å². The Balaban J connectivity index is 1.13. The molecule has 2 N–H and O–H groups in total. The number of amides is 4. The number of benzene rings is 6. The number of imide groups is 2. The number of allylic oxidation sites excluding steroid dienone is 2. The fourth-order valence-corrected chi connectivity index (χ4v) is 10.5. The molecule has 0 radical (unpaired) electrons. The van der Waals surface area contributed by atoms with E-state index in [1.807, 2.05) is 36.4 Å². The van der Waals surface area contributed by atoms with E-state index in [1.165, 1.54) is 29.2 Å². The second kappa shape index (κ2) is 14.1. The quantitative estimate of drug-likeness (QED) is 0.0939. The van der Waals surface area contributed by atoms with E-state index < -0.39 is 64.5 Å². The van der Waals surface area contributed by atoms with Crippen molar-refractivity contribution in [3.05, 3.63) is 184 Å². The number of aromatic hydroxyl groups is 1. The molecule has 9 nitrogen and oxygen atoms in total. The van der Waals surface area contributed by atoms with Crippen LogP contribution in [0.3, 0.4) is 0 Å². The van der Waals surface area contributed by atoms with Gasteiger partial charge < -0.3 is 5.11 Å². The van der Waals surface area contributed by atoms with Crippen molar-refractivity contribution in [3.63, 3.8) is 0 Å². The zero-order valence-corrected chi connectivity index (χ0v) is 32.6. The zero-order valence-electron chi connectivity index (χ0n) is 31.8. The van der Waals surface area contributed by atoms with E-state index in [0.29, 0.717) is 49.6 Å². The highest BCUT2D eigenvalue weighted by molar-refractivity contribution is 6.30. The van der Waals surface area contributed by atoms with Gasteiger partial charge in [-0.2, -0.15) is 5.01 Å². The molecule has 2 aliphatic heterocycles. The summed E-state index contributed by atoms with van der Waals surface area (Å²) in [6.07, 6.45) is 2.13. The molecule has 4 amide bonds. The molecule has 2 saturated heterocycles. The van der Waals surface area contributed by atoms with Gasteiger partial charge in [-0.1, -0.05) is 96.0 Å². The number of nitrogens with one attached hydrogen (secondary N) is 1. The van der Waals surface area contributed by atoms with Gasteiger partial charge >= 0.3 is 0 Å². The van der Waals surface area contributed by atoms with Crippen LogP contribution < -0.4 is 10.3 Å². The Hall–Kier alpha value is -6.91. The van der Waals surface area contributed by atoms with Gasteiger partial charge in [-0.15, -0.1) is 0 Å². The fraction of sp³-hybridized carbons (Fsp3) is 0.163. The number of hydrogen-bond donors (Lipinski definition) is 2. The maximum absolute atomic E-state index is 15.6. The predicted molar refractivity (Wildman–Crippen MR) is 223 cm³/mol. The summed E-state index contributed by atoms with van der Waals surface area (Å²) in [6.45, 7) is 0. The Labute approximate surface area is 348 Å². The number of halogens is 2. The summed E-state index contributed by atoms with van der Waals surface area (Å²) >= 11 is 6.43. The molecule has 3 fully saturated rings. The normalized spacial score (nSPS) is 24.6. The average molecular weight is 816 g/mol. The molecule has 0 spiro atoms. The van der Waals surface area contributed by atoms with Crippen LogP contribution in [0.2, 0.25) is 5.02 Å². The van der Waals surface area contributed by atoms with E-state index in [9.17, 15) is 23.9 Å². The fourth-order valence-electron chi connectivity index (χ4n) is 10.3. The first-order valence-corrected chi connectivity index (χ1v) is 20.1. The molecule has 6 unspecified atom stereocenters. The number of hydrogen-bond acceptors (Lipinski definition) is 7.